The Balaban J connectivity index is 2.72. The number of primary amides is 1. The van der Waals surface area contributed by atoms with Crippen LogP contribution < -0.4 is 28.3 Å². The van der Waals surface area contributed by atoms with Crippen molar-refractivity contribution >= 4 is 23.5 Å². The van der Waals surface area contributed by atoms with E-state index < -0.39 is 17.9 Å². The minimum absolute atomic E-state index is 0.0274. The molecule has 0 aliphatic heterocycles. The first-order valence-corrected chi connectivity index (χ1v) is 8.76. The lowest BCUT2D eigenvalue weighted by Gasteiger charge is -2.14. The number of aromatic nitrogens is 2. The summed E-state index contributed by atoms with van der Waals surface area (Å²) in [6.07, 6.45) is 4.45. The molecular weight excluding hydrogens is 336 g/mol. The first kappa shape index (κ1) is 21.3. The molecule has 0 saturated heterocycles. The molecule has 0 fully saturated rings. The van der Waals surface area contributed by atoms with Gasteiger partial charge in [0.05, 0.1) is 5.69 Å². The summed E-state index contributed by atoms with van der Waals surface area (Å²) in [5.74, 6) is -0.742. The van der Waals surface area contributed by atoms with E-state index in [-0.39, 0.29) is 17.3 Å². The number of hydrogen-bond donors (Lipinski definition) is 5. The van der Waals surface area contributed by atoms with Crippen LogP contribution in [0.25, 0.3) is 0 Å². The van der Waals surface area contributed by atoms with Crippen LogP contribution in [-0.2, 0) is 11.3 Å². The molecule has 1 heterocycles. The number of nitrogens with two attached hydrogens (primary N) is 4. The van der Waals surface area contributed by atoms with Crippen molar-refractivity contribution in [3.63, 3.8) is 0 Å². The summed E-state index contributed by atoms with van der Waals surface area (Å²) in [6.45, 7) is 5.24. The van der Waals surface area contributed by atoms with Crippen molar-refractivity contribution in [1.82, 2.24) is 15.1 Å². The Morgan fingerprint density at radius 3 is 2.46 bits per heavy atom. The van der Waals surface area contributed by atoms with Gasteiger partial charge in [-0.15, -0.1) is 0 Å². The maximum atomic E-state index is 12.4. The second-order valence-electron chi connectivity index (χ2n) is 6.21. The minimum Gasteiger partial charge on any atom is -0.396 e. The van der Waals surface area contributed by atoms with Gasteiger partial charge < -0.3 is 28.3 Å². The Hall–Kier alpha value is -2.78. The lowest BCUT2D eigenvalue weighted by molar-refractivity contribution is -0.120. The molecule has 0 bridgehead atoms. The molecule has 0 spiro atoms. The highest BCUT2D eigenvalue weighted by Crippen LogP contribution is 2.15. The standard InChI is InChI=1S/C16H30N8O2/c1-3-10(4-2)8-24-9-11(17)13(23-24)15(26)22-12(14(18)25)6-5-7-21-16(19)20/h9-10,12H,3-8,17H2,1-2H3,(H2,18,25)(H,22,26)(H4,19,20,21)/t12-/m0/s1. The molecule has 0 aromatic carbocycles. The maximum Gasteiger partial charge on any atom is 0.274 e. The van der Waals surface area contributed by atoms with Gasteiger partial charge in [0.15, 0.2) is 11.7 Å². The predicted molar refractivity (Wildman–Crippen MR) is 101 cm³/mol. The third-order valence-electron chi connectivity index (χ3n) is 4.20. The second-order valence-corrected chi connectivity index (χ2v) is 6.21. The molecule has 9 N–H and O–H groups in total. The van der Waals surface area contributed by atoms with E-state index in [1.165, 1.54) is 0 Å². The van der Waals surface area contributed by atoms with Crippen molar-refractivity contribution in [3.8, 4) is 0 Å². The van der Waals surface area contributed by atoms with Crippen molar-refractivity contribution in [3.05, 3.63) is 11.9 Å². The van der Waals surface area contributed by atoms with Crippen LogP contribution >= 0.6 is 0 Å². The van der Waals surface area contributed by atoms with Crippen LogP contribution in [0.3, 0.4) is 0 Å². The largest absolute Gasteiger partial charge is 0.396 e. The van der Waals surface area contributed by atoms with E-state index in [4.69, 9.17) is 22.9 Å². The van der Waals surface area contributed by atoms with Crippen LogP contribution in [0.1, 0.15) is 50.0 Å². The monoisotopic (exact) mass is 366 g/mol. The third kappa shape index (κ3) is 6.61. The van der Waals surface area contributed by atoms with E-state index in [1.54, 1.807) is 10.9 Å². The molecule has 146 valence electrons. The highest BCUT2D eigenvalue weighted by atomic mass is 16.2. The molecule has 10 nitrogen and oxygen atoms in total. The van der Waals surface area contributed by atoms with Crippen molar-refractivity contribution in [2.45, 2.75) is 52.1 Å². The average molecular weight is 366 g/mol. The minimum atomic E-state index is -0.847. The fourth-order valence-corrected chi connectivity index (χ4v) is 2.53. The number of hydrogen-bond acceptors (Lipinski definition) is 5. The molecule has 1 atom stereocenters. The van der Waals surface area contributed by atoms with E-state index >= 15 is 0 Å². The van der Waals surface area contributed by atoms with Crippen LogP contribution in [-0.4, -0.2) is 40.1 Å². The molecule has 2 amide bonds. The molecule has 26 heavy (non-hydrogen) atoms. The number of guanidine groups is 1. The Kier molecular flexibility index (Phi) is 8.40. The molecule has 1 aromatic heterocycles. The van der Waals surface area contributed by atoms with Crippen LogP contribution in [0, 0.1) is 5.92 Å². The summed E-state index contributed by atoms with van der Waals surface area (Å²) in [6, 6.07) is -0.847. The van der Waals surface area contributed by atoms with E-state index in [0.717, 1.165) is 12.8 Å². The number of nitrogens with one attached hydrogen (secondary N) is 1. The molecule has 1 aromatic rings. The Labute approximate surface area is 153 Å². The van der Waals surface area contributed by atoms with Gasteiger partial charge >= 0.3 is 0 Å². The number of aliphatic imine (C=N–C) groups is 1. The zero-order valence-corrected chi connectivity index (χ0v) is 15.4. The Morgan fingerprint density at radius 1 is 1.27 bits per heavy atom. The van der Waals surface area contributed by atoms with Gasteiger partial charge in [0.25, 0.3) is 5.91 Å². The second kappa shape index (κ2) is 10.3. The molecule has 0 unspecified atom stereocenters. The van der Waals surface area contributed by atoms with E-state index in [2.05, 4.69) is 29.3 Å². The third-order valence-corrected chi connectivity index (χ3v) is 4.20. The molecular formula is C16H30N8O2. The summed E-state index contributed by atoms with van der Waals surface area (Å²) < 4.78 is 1.67. The highest BCUT2D eigenvalue weighted by Gasteiger charge is 2.22. The molecule has 0 aliphatic carbocycles. The van der Waals surface area contributed by atoms with Crippen molar-refractivity contribution < 1.29 is 9.59 Å². The van der Waals surface area contributed by atoms with Gasteiger partial charge in [0.2, 0.25) is 5.91 Å². The highest BCUT2D eigenvalue weighted by molar-refractivity contribution is 5.99. The number of carbonyl (C=O) groups excluding carboxylic acids is 2. The maximum absolute atomic E-state index is 12.4. The first-order valence-electron chi connectivity index (χ1n) is 8.76. The van der Waals surface area contributed by atoms with Crippen molar-refractivity contribution in [1.29, 1.82) is 0 Å². The van der Waals surface area contributed by atoms with Gasteiger partial charge in [0.1, 0.15) is 6.04 Å². The quantitative estimate of drug-likeness (QED) is 0.201. The summed E-state index contributed by atoms with van der Waals surface area (Å²) in [5, 5.41) is 6.83. The molecule has 1 rings (SSSR count). The molecule has 10 heteroatoms. The fourth-order valence-electron chi connectivity index (χ4n) is 2.53. The van der Waals surface area contributed by atoms with Gasteiger partial charge in [-0.3, -0.25) is 19.3 Å². The normalized spacial score (nSPS) is 12.0. The Bertz CT molecular complexity index is 632. The average Bonchev–Trinajstić information content (AvgIpc) is 2.95. The summed E-state index contributed by atoms with van der Waals surface area (Å²) in [4.78, 5) is 27.8. The Morgan fingerprint density at radius 2 is 1.92 bits per heavy atom. The van der Waals surface area contributed by atoms with E-state index in [0.29, 0.717) is 31.8 Å². The van der Waals surface area contributed by atoms with Gasteiger partial charge in [-0.25, -0.2) is 0 Å². The summed E-state index contributed by atoms with van der Waals surface area (Å²) in [7, 11) is 0. The van der Waals surface area contributed by atoms with Crippen LogP contribution in [0.5, 0.6) is 0 Å². The van der Waals surface area contributed by atoms with Crippen molar-refractivity contribution in [2.24, 2.45) is 28.1 Å². The fraction of sp³-hybridized carbons (Fsp3) is 0.625. The lowest BCUT2D eigenvalue weighted by Crippen LogP contribution is -2.44. The van der Waals surface area contributed by atoms with Gasteiger partial charge in [-0.1, -0.05) is 26.7 Å². The number of anilines is 1. The number of nitrogen functional groups attached to an aromatic ring is 1. The van der Waals surface area contributed by atoms with E-state index in [9.17, 15) is 9.59 Å². The molecule has 0 saturated carbocycles. The number of nitrogens with zero attached hydrogens (tertiary/aromatic N) is 3. The molecule has 0 radical (unpaired) electrons. The van der Waals surface area contributed by atoms with Crippen LogP contribution in [0.2, 0.25) is 0 Å². The smallest absolute Gasteiger partial charge is 0.274 e. The zero-order chi connectivity index (χ0) is 19.7. The van der Waals surface area contributed by atoms with Crippen molar-refractivity contribution in [2.75, 3.05) is 12.3 Å². The van der Waals surface area contributed by atoms with Crippen LogP contribution in [0.4, 0.5) is 5.69 Å². The van der Waals surface area contributed by atoms with E-state index in [1.807, 2.05) is 0 Å². The number of amides is 2. The SMILES string of the molecule is CCC(CC)Cn1cc(N)c(C(=O)N[C@@H](CCCN=C(N)N)C(N)=O)n1. The van der Waals surface area contributed by atoms with Gasteiger partial charge in [0, 0.05) is 19.3 Å². The number of rotatable bonds is 11. The topological polar surface area (TPSA) is 180 Å². The predicted octanol–water partition coefficient (Wildman–Crippen LogP) is -0.461. The number of carbonyl (C=O) groups is 2. The zero-order valence-electron chi connectivity index (χ0n) is 15.4. The van der Waals surface area contributed by atoms with Gasteiger partial charge in [-0.2, -0.15) is 5.10 Å². The summed E-state index contributed by atoms with van der Waals surface area (Å²) >= 11 is 0. The lowest BCUT2D eigenvalue weighted by atomic mass is 10.0. The van der Waals surface area contributed by atoms with Crippen LogP contribution in [0.15, 0.2) is 11.2 Å². The first-order chi connectivity index (χ1) is 12.3. The van der Waals surface area contributed by atoms with Gasteiger partial charge in [-0.05, 0) is 18.8 Å². The molecule has 0 aliphatic rings. The summed E-state index contributed by atoms with van der Waals surface area (Å²) in [5.41, 5.74) is 22.1.